The van der Waals surface area contributed by atoms with E-state index in [1.807, 2.05) is 89.2 Å². The molecule has 6 atom stereocenters. The number of halogens is 1. The average Bonchev–Trinajstić information content (AvgIpc) is 3.84. The number of aryl methyl sites for hydroxylation is 2. The van der Waals surface area contributed by atoms with Gasteiger partial charge in [-0.1, -0.05) is 59.6 Å². The third-order valence-electron chi connectivity index (χ3n) is 12.7. The molecule has 3 aromatic carbocycles. The molecule has 10 nitrogen and oxygen atoms in total. The molecule has 5 aromatic rings. The molecule has 4 aliphatic rings. The van der Waals surface area contributed by atoms with Crippen molar-refractivity contribution in [1.29, 1.82) is 0 Å². The van der Waals surface area contributed by atoms with Gasteiger partial charge in [-0.25, -0.2) is 4.90 Å². The maximum Gasteiger partial charge on any atom is 0.242 e. The Morgan fingerprint density at radius 3 is 2.44 bits per heavy atom. The predicted molar refractivity (Wildman–Crippen MR) is 219 cm³/mol. The highest BCUT2D eigenvalue weighted by atomic mass is 35.5. The summed E-state index contributed by atoms with van der Waals surface area (Å²) in [5.41, 5.74) is 1.78. The lowest BCUT2D eigenvalue weighted by Crippen LogP contribution is -2.49. The second kappa shape index (κ2) is 13.1. The minimum absolute atomic E-state index is 0.0822. The van der Waals surface area contributed by atoms with Crippen molar-refractivity contribution >= 4 is 62.5 Å². The topological polar surface area (TPSA) is 122 Å². The lowest BCUT2D eigenvalue weighted by molar-refractivity contribution is -0.145. The average molecular weight is 803 g/mol. The first kappa shape index (κ1) is 37.3. The summed E-state index contributed by atoms with van der Waals surface area (Å²) in [6.45, 7) is 9.67. The van der Waals surface area contributed by atoms with Crippen LogP contribution in [0.3, 0.4) is 0 Å². The highest BCUT2D eigenvalue weighted by Crippen LogP contribution is 2.64. The SMILES string of the molecule is Cc1c(-c2cc(N3C(=O)C4CC5C(=CCC6C(=O)N(C(C)(C)C)C(=O)C65)C(c5ccc(OCc6ccccc6)cc5O)C4(C)C3=O)n(C)n2)sc2ccc(Cl)cc12. The lowest BCUT2D eigenvalue weighted by Gasteiger charge is -2.49. The number of aromatic nitrogens is 2. The fraction of sp³-hybridized carbons (Fsp3) is 0.356. The van der Waals surface area contributed by atoms with Gasteiger partial charge < -0.3 is 9.84 Å². The van der Waals surface area contributed by atoms with Crippen molar-refractivity contribution in [3.8, 4) is 22.1 Å². The molecular weight excluding hydrogens is 760 g/mol. The first-order valence-corrected chi connectivity index (χ1v) is 20.5. The number of phenols is 1. The van der Waals surface area contributed by atoms with Crippen LogP contribution in [0.4, 0.5) is 5.82 Å². The minimum atomic E-state index is -1.35. The molecule has 4 amide bonds. The van der Waals surface area contributed by atoms with E-state index in [0.29, 0.717) is 40.9 Å². The van der Waals surface area contributed by atoms with Crippen LogP contribution >= 0.6 is 22.9 Å². The Balaban J connectivity index is 1.14. The van der Waals surface area contributed by atoms with E-state index in [0.717, 1.165) is 31.7 Å². The molecule has 12 heteroatoms. The summed E-state index contributed by atoms with van der Waals surface area (Å²) in [4.78, 5) is 61.9. The van der Waals surface area contributed by atoms with Gasteiger partial charge in [0.1, 0.15) is 29.6 Å². The number of carbonyl (C=O) groups excluding carboxylic acids is 4. The Labute approximate surface area is 339 Å². The van der Waals surface area contributed by atoms with Crippen LogP contribution in [0.25, 0.3) is 20.7 Å². The van der Waals surface area contributed by atoms with Gasteiger partial charge in [0.25, 0.3) is 0 Å². The first-order chi connectivity index (χ1) is 27.1. The number of fused-ring (bicyclic) bond motifs is 5. The molecule has 9 rings (SSSR count). The number of likely N-dealkylation sites (tertiary alicyclic amines) is 1. The summed E-state index contributed by atoms with van der Waals surface area (Å²) in [7, 11) is 1.72. The third kappa shape index (κ3) is 5.60. The quantitative estimate of drug-likeness (QED) is 0.135. The fourth-order valence-corrected chi connectivity index (χ4v) is 11.4. The maximum atomic E-state index is 15.2. The van der Waals surface area contributed by atoms with Gasteiger partial charge in [0.05, 0.1) is 28.0 Å². The van der Waals surface area contributed by atoms with Crippen LogP contribution in [0, 0.1) is 36.0 Å². The molecule has 57 heavy (non-hydrogen) atoms. The van der Waals surface area contributed by atoms with Crippen molar-refractivity contribution in [2.45, 2.75) is 65.5 Å². The zero-order chi connectivity index (χ0) is 40.3. The van der Waals surface area contributed by atoms with E-state index in [4.69, 9.17) is 21.4 Å². The largest absolute Gasteiger partial charge is 0.508 e. The van der Waals surface area contributed by atoms with Gasteiger partial charge in [-0.05, 0) is 94.2 Å². The van der Waals surface area contributed by atoms with Gasteiger partial charge >= 0.3 is 0 Å². The Kier molecular flexibility index (Phi) is 8.60. The number of phenolic OH excluding ortho intramolecular Hbond substituents is 1. The molecule has 0 radical (unpaired) electrons. The zero-order valence-electron chi connectivity index (χ0n) is 32.6. The van der Waals surface area contributed by atoms with Crippen molar-refractivity contribution in [2.24, 2.45) is 36.1 Å². The van der Waals surface area contributed by atoms with Crippen molar-refractivity contribution in [3.63, 3.8) is 0 Å². The molecule has 1 saturated carbocycles. The van der Waals surface area contributed by atoms with Crippen molar-refractivity contribution < 1.29 is 29.0 Å². The number of hydrogen-bond donors (Lipinski definition) is 1. The van der Waals surface area contributed by atoms with Crippen LogP contribution in [-0.4, -0.2) is 49.0 Å². The van der Waals surface area contributed by atoms with Crippen molar-refractivity contribution in [2.75, 3.05) is 4.90 Å². The lowest BCUT2D eigenvalue weighted by atomic mass is 9.51. The molecule has 292 valence electrons. The maximum absolute atomic E-state index is 15.2. The third-order valence-corrected chi connectivity index (χ3v) is 14.3. The second-order valence-electron chi connectivity index (χ2n) is 17.0. The van der Waals surface area contributed by atoms with Gasteiger partial charge in [-0.2, -0.15) is 5.10 Å². The van der Waals surface area contributed by atoms with Gasteiger partial charge in [0.2, 0.25) is 23.6 Å². The normalized spacial score (nSPS) is 25.9. The molecule has 6 unspecified atom stereocenters. The molecule has 2 aliphatic heterocycles. The number of rotatable bonds is 6. The van der Waals surface area contributed by atoms with E-state index in [1.54, 1.807) is 47.3 Å². The smallest absolute Gasteiger partial charge is 0.242 e. The van der Waals surface area contributed by atoms with Crippen LogP contribution in [0.5, 0.6) is 11.5 Å². The first-order valence-electron chi connectivity index (χ1n) is 19.3. The monoisotopic (exact) mass is 802 g/mol. The Hall–Kier alpha value is -5.26. The van der Waals surface area contributed by atoms with Gasteiger partial charge in [-0.15, -0.1) is 11.3 Å². The van der Waals surface area contributed by atoms with Gasteiger partial charge in [0, 0.05) is 45.9 Å². The number of amides is 4. The number of benzene rings is 3. The number of anilines is 1. The van der Waals surface area contributed by atoms with Gasteiger partial charge in [0.15, 0.2) is 0 Å². The second-order valence-corrected chi connectivity index (χ2v) is 18.5. The molecule has 0 bridgehead atoms. The summed E-state index contributed by atoms with van der Waals surface area (Å²) in [5.74, 6) is -3.97. The summed E-state index contributed by atoms with van der Waals surface area (Å²) in [5, 5.41) is 18.3. The molecule has 0 spiro atoms. The summed E-state index contributed by atoms with van der Waals surface area (Å²) < 4.78 is 8.66. The van der Waals surface area contributed by atoms with E-state index in [9.17, 15) is 19.5 Å². The van der Waals surface area contributed by atoms with Gasteiger partial charge in [-0.3, -0.25) is 28.8 Å². The van der Waals surface area contributed by atoms with E-state index in [-0.39, 0.29) is 24.0 Å². The number of hydrogen-bond acceptors (Lipinski definition) is 8. The highest BCUT2D eigenvalue weighted by molar-refractivity contribution is 7.22. The van der Waals surface area contributed by atoms with E-state index >= 15 is 4.79 Å². The van der Waals surface area contributed by atoms with E-state index in [2.05, 4.69) is 0 Å². The number of imide groups is 2. The van der Waals surface area contributed by atoms with Crippen LogP contribution in [0.2, 0.25) is 5.02 Å². The van der Waals surface area contributed by atoms with Crippen LogP contribution in [0.15, 0.2) is 84.4 Å². The number of ether oxygens (including phenoxy) is 1. The molecule has 1 N–H and O–H groups in total. The van der Waals surface area contributed by atoms with E-state index < -0.39 is 52.4 Å². The summed E-state index contributed by atoms with van der Waals surface area (Å²) in [6, 6.07) is 22.3. The number of nitrogens with zero attached hydrogens (tertiary/aromatic N) is 4. The number of allylic oxidation sites excluding steroid dienone is 2. The predicted octanol–water partition coefficient (Wildman–Crippen LogP) is 8.58. The Morgan fingerprint density at radius 2 is 1.72 bits per heavy atom. The molecule has 2 aromatic heterocycles. The number of carbonyl (C=O) groups is 4. The van der Waals surface area contributed by atoms with Crippen LogP contribution in [0.1, 0.15) is 63.1 Å². The summed E-state index contributed by atoms with van der Waals surface area (Å²) in [6.07, 6.45) is 2.52. The molecular formula is C45H43ClN4O6S. The highest BCUT2D eigenvalue weighted by Gasteiger charge is 2.68. The Bertz CT molecular complexity index is 2570. The zero-order valence-corrected chi connectivity index (χ0v) is 34.1. The summed E-state index contributed by atoms with van der Waals surface area (Å²) >= 11 is 7.90. The number of aromatic hydroxyl groups is 1. The Morgan fingerprint density at radius 1 is 0.965 bits per heavy atom. The van der Waals surface area contributed by atoms with E-state index in [1.165, 1.54) is 9.80 Å². The number of thiophene rings is 1. The fourth-order valence-electron chi connectivity index (χ4n) is 10.1. The van der Waals surface area contributed by atoms with Crippen molar-refractivity contribution in [1.82, 2.24) is 14.7 Å². The van der Waals surface area contributed by atoms with Crippen molar-refractivity contribution in [3.05, 3.63) is 106 Å². The minimum Gasteiger partial charge on any atom is -0.508 e. The van der Waals surface area contributed by atoms with Crippen LogP contribution in [-0.2, 0) is 32.8 Å². The standard InChI is InChI=1S/C45H43ClN4O6S/c1-23-30-18-25(46)12-17-35(30)57-39(23)33-21-36(48(6)47-33)49-41(53)32-20-31-27(15-16-29-37(31)42(54)50(40(29)52)44(2,3)4)38(45(32,5)43(49)55)28-14-13-26(19-34(28)51)56-22-24-10-8-7-9-11-24/h7-15,17-19,21,29,31-32,37-38,51H,16,20,22H2,1-6H3. The molecule has 3 fully saturated rings. The molecule has 2 saturated heterocycles. The molecule has 4 heterocycles. The van der Waals surface area contributed by atoms with Crippen LogP contribution < -0.4 is 9.64 Å². The molecule has 2 aliphatic carbocycles.